The molecule has 0 bridgehead atoms. The molecule has 0 spiro atoms. The van der Waals surface area contributed by atoms with Crippen molar-refractivity contribution < 1.29 is 9.90 Å². The predicted molar refractivity (Wildman–Crippen MR) is 64.7 cm³/mol. The molecular formula is C10H15NO2S2. The third kappa shape index (κ3) is 4.22. The van der Waals surface area contributed by atoms with E-state index in [1.54, 1.807) is 0 Å². The molecule has 0 aliphatic heterocycles. The number of carboxylic acid groups (broad SMARTS) is 1. The Balaban J connectivity index is 2.35. The lowest BCUT2D eigenvalue weighted by Gasteiger charge is -2.05. The van der Waals surface area contributed by atoms with Crippen molar-refractivity contribution in [3.8, 4) is 0 Å². The number of hydrogen-bond acceptors (Lipinski definition) is 4. The molecule has 0 saturated heterocycles. The van der Waals surface area contributed by atoms with Crippen LogP contribution < -0.4 is 0 Å². The molecular weight excluding hydrogens is 230 g/mol. The Morgan fingerprint density at radius 2 is 2.47 bits per heavy atom. The second-order valence-corrected chi connectivity index (χ2v) is 5.37. The zero-order valence-electron chi connectivity index (χ0n) is 8.90. The summed E-state index contributed by atoms with van der Waals surface area (Å²) < 4.78 is 0. The fraction of sp³-hybridized carbons (Fsp3) is 0.600. The van der Waals surface area contributed by atoms with E-state index in [4.69, 9.17) is 5.11 Å². The Morgan fingerprint density at radius 1 is 1.73 bits per heavy atom. The number of thioether (sulfide) groups is 1. The van der Waals surface area contributed by atoms with Gasteiger partial charge in [-0.1, -0.05) is 20.3 Å². The molecule has 1 aromatic heterocycles. The average molecular weight is 245 g/mol. The van der Waals surface area contributed by atoms with E-state index in [9.17, 15) is 4.79 Å². The van der Waals surface area contributed by atoms with Crippen LogP contribution in [0.5, 0.6) is 0 Å². The van der Waals surface area contributed by atoms with Gasteiger partial charge in [-0.2, -0.15) is 11.8 Å². The number of thiazole rings is 1. The molecule has 1 unspecified atom stereocenters. The van der Waals surface area contributed by atoms with Crippen LogP contribution in [-0.4, -0.2) is 21.8 Å². The minimum atomic E-state index is -0.932. The molecule has 0 fully saturated rings. The van der Waals surface area contributed by atoms with Crippen molar-refractivity contribution in [1.82, 2.24) is 4.98 Å². The molecule has 5 heteroatoms. The summed E-state index contributed by atoms with van der Waals surface area (Å²) in [4.78, 5) is 14.6. The molecule has 0 radical (unpaired) electrons. The molecule has 84 valence electrons. The molecule has 1 aromatic rings. The molecule has 0 saturated carbocycles. The second kappa shape index (κ2) is 6.12. The Bertz CT molecular complexity index is 325. The van der Waals surface area contributed by atoms with Crippen LogP contribution in [-0.2, 0) is 5.75 Å². The lowest BCUT2D eigenvalue weighted by molar-refractivity contribution is 0.0696. The summed E-state index contributed by atoms with van der Waals surface area (Å²) in [5.74, 6) is 1.70. The highest BCUT2D eigenvalue weighted by Gasteiger charge is 2.08. The fourth-order valence-electron chi connectivity index (χ4n) is 0.954. The third-order valence-corrected chi connectivity index (χ3v) is 4.27. The van der Waals surface area contributed by atoms with E-state index in [2.05, 4.69) is 18.8 Å². The first-order valence-corrected chi connectivity index (χ1v) is 6.92. The van der Waals surface area contributed by atoms with Crippen molar-refractivity contribution in [2.24, 2.45) is 5.92 Å². The van der Waals surface area contributed by atoms with E-state index in [0.29, 0.717) is 5.92 Å². The molecule has 3 nitrogen and oxygen atoms in total. The number of aromatic nitrogens is 1. The lowest BCUT2D eigenvalue weighted by atomic mass is 10.2. The van der Waals surface area contributed by atoms with Crippen molar-refractivity contribution in [3.63, 3.8) is 0 Å². The van der Waals surface area contributed by atoms with Gasteiger partial charge in [0.15, 0.2) is 0 Å². The summed E-state index contributed by atoms with van der Waals surface area (Å²) in [7, 11) is 0. The summed E-state index contributed by atoms with van der Waals surface area (Å²) in [6, 6.07) is 0. The van der Waals surface area contributed by atoms with Crippen LogP contribution in [0.1, 0.15) is 35.8 Å². The van der Waals surface area contributed by atoms with Gasteiger partial charge in [0.1, 0.15) is 0 Å². The minimum absolute atomic E-state index is 0.189. The van der Waals surface area contributed by atoms with E-state index in [1.165, 1.54) is 17.8 Å². The Hall–Kier alpha value is -0.550. The summed E-state index contributed by atoms with van der Waals surface area (Å²) in [5.41, 5.74) is 0.880. The molecule has 0 amide bonds. The zero-order valence-corrected chi connectivity index (χ0v) is 10.5. The molecule has 1 heterocycles. The highest BCUT2D eigenvalue weighted by Crippen LogP contribution is 2.18. The normalized spacial score (nSPS) is 12.7. The fourth-order valence-corrected chi connectivity index (χ4v) is 2.83. The summed E-state index contributed by atoms with van der Waals surface area (Å²) >= 11 is 3.01. The predicted octanol–water partition coefficient (Wildman–Crippen LogP) is 3.12. The van der Waals surface area contributed by atoms with Crippen LogP contribution in [0.2, 0.25) is 0 Å². The number of hydrogen-bond donors (Lipinski definition) is 1. The van der Waals surface area contributed by atoms with Crippen molar-refractivity contribution in [2.75, 3.05) is 5.75 Å². The van der Waals surface area contributed by atoms with Gasteiger partial charge in [-0.05, 0) is 11.7 Å². The molecule has 0 aliphatic rings. The maximum atomic E-state index is 10.6. The van der Waals surface area contributed by atoms with Gasteiger partial charge in [0.2, 0.25) is 5.01 Å². The summed E-state index contributed by atoms with van der Waals surface area (Å²) in [6.45, 7) is 4.40. The largest absolute Gasteiger partial charge is 0.476 e. The van der Waals surface area contributed by atoms with Crippen molar-refractivity contribution in [3.05, 3.63) is 16.1 Å². The van der Waals surface area contributed by atoms with Gasteiger partial charge in [-0.25, -0.2) is 9.78 Å². The average Bonchev–Trinajstić information content (AvgIpc) is 2.66. The van der Waals surface area contributed by atoms with E-state index >= 15 is 0 Å². The van der Waals surface area contributed by atoms with Gasteiger partial charge in [-0.3, -0.25) is 0 Å². The number of nitrogens with zero attached hydrogens (tertiary/aromatic N) is 1. The molecule has 1 N–H and O–H groups in total. The molecule has 1 rings (SSSR count). The first-order valence-electron chi connectivity index (χ1n) is 4.89. The molecule has 1 atom stereocenters. The first kappa shape index (κ1) is 12.5. The summed E-state index contributed by atoms with van der Waals surface area (Å²) in [6.07, 6.45) is 1.18. The van der Waals surface area contributed by atoms with E-state index in [0.717, 1.165) is 17.2 Å². The molecule has 0 aromatic carbocycles. The van der Waals surface area contributed by atoms with Crippen LogP contribution in [0, 0.1) is 5.92 Å². The number of aromatic carboxylic acids is 1. The second-order valence-electron chi connectivity index (χ2n) is 3.48. The van der Waals surface area contributed by atoms with Crippen LogP contribution in [0.4, 0.5) is 0 Å². The minimum Gasteiger partial charge on any atom is -0.476 e. The van der Waals surface area contributed by atoms with Crippen molar-refractivity contribution in [1.29, 1.82) is 0 Å². The van der Waals surface area contributed by atoms with E-state index < -0.39 is 5.97 Å². The van der Waals surface area contributed by atoms with E-state index in [-0.39, 0.29) is 5.01 Å². The standard InChI is InChI=1S/C10H15NO2S2/c1-3-7(2)4-14-5-8-6-15-9(11-8)10(12)13/h6-7H,3-5H2,1-2H3,(H,12,13). The van der Waals surface area contributed by atoms with E-state index in [1.807, 2.05) is 17.1 Å². The number of rotatable bonds is 6. The lowest BCUT2D eigenvalue weighted by Crippen LogP contribution is -1.97. The Morgan fingerprint density at radius 3 is 3.00 bits per heavy atom. The van der Waals surface area contributed by atoms with Gasteiger partial charge in [-0.15, -0.1) is 11.3 Å². The van der Waals surface area contributed by atoms with Gasteiger partial charge in [0.25, 0.3) is 0 Å². The van der Waals surface area contributed by atoms with Crippen molar-refractivity contribution >= 4 is 29.1 Å². The van der Waals surface area contributed by atoms with Crippen LogP contribution >= 0.6 is 23.1 Å². The highest BCUT2D eigenvalue weighted by atomic mass is 32.2. The zero-order chi connectivity index (χ0) is 11.3. The maximum Gasteiger partial charge on any atom is 0.365 e. The smallest absolute Gasteiger partial charge is 0.365 e. The van der Waals surface area contributed by atoms with Gasteiger partial charge < -0.3 is 5.11 Å². The summed E-state index contributed by atoms with van der Waals surface area (Å²) in [5, 5.41) is 10.7. The van der Waals surface area contributed by atoms with Crippen LogP contribution in [0.25, 0.3) is 0 Å². The Labute approximate surface area is 97.9 Å². The van der Waals surface area contributed by atoms with Gasteiger partial charge in [0, 0.05) is 11.1 Å². The first-order chi connectivity index (χ1) is 7.13. The van der Waals surface area contributed by atoms with Crippen molar-refractivity contribution in [2.45, 2.75) is 26.0 Å². The molecule has 0 aliphatic carbocycles. The maximum absolute atomic E-state index is 10.6. The Kier molecular flexibility index (Phi) is 5.11. The van der Waals surface area contributed by atoms with Crippen LogP contribution in [0.3, 0.4) is 0 Å². The number of carbonyl (C=O) groups is 1. The highest BCUT2D eigenvalue weighted by molar-refractivity contribution is 7.98. The SMILES string of the molecule is CCC(C)CSCc1csc(C(=O)O)n1. The monoisotopic (exact) mass is 245 g/mol. The topological polar surface area (TPSA) is 50.2 Å². The third-order valence-electron chi connectivity index (χ3n) is 2.08. The van der Waals surface area contributed by atoms with Gasteiger partial charge in [0.05, 0.1) is 5.69 Å². The number of carboxylic acids is 1. The quantitative estimate of drug-likeness (QED) is 0.836. The van der Waals surface area contributed by atoms with Gasteiger partial charge >= 0.3 is 5.97 Å². The van der Waals surface area contributed by atoms with Crippen LogP contribution in [0.15, 0.2) is 5.38 Å². The molecule has 15 heavy (non-hydrogen) atoms.